The van der Waals surface area contributed by atoms with E-state index < -0.39 is 0 Å². The molecule has 1 aromatic heterocycles. The number of hydrogen-bond acceptors (Lipinski definition) is 3. The summed E-state index contributed by atoms with van der Waals surface area (Å²) in [5.41, 5.74) is 0.269. The van der Waals surface area contributed by atoms with E-state index in [0.29, 0.717) is 0 Å². The summed E-state index contributed by atoms with van der Waals surface area (Å²) in [4.78, 5) is 4.51. The van der Waals surface area contributed by atoms with Gasteiger partial charge in [0.25, 0.3) is 0 Å². The minimum atomic E-state index is 0.269. The van der Waals surface area contributed by atoms with Gasteiger partial charge in [-0.2, -0.15) is 4.98 Å². The Labute approximate surface area is 109 Å². The monoisotopic (exact) mass is 330 g/mol. The van der Waals surface area contributed by atoms with Crippen molar-refractivity contribution in [1.29, 1.82) is 0 Å². The summed E-state index contributed by atoms with van der Waals surface area (Å²) in [6, 6.07) is 0. The lowest BCUT2D eigenvalue weighted by Crippen LogP contribution is -2.48. The molecule has 4 fully saturated rings. The van der Waals surface area contributed by atoms with E-state index >= 15 is 0 Å². The van der Waals surface area contributed by atoms with Gasteiger partial charge in [-0.3, -0.25) is 0 Å². The summed E-state index contributed by atoms with van der Waals surface area (Å²) in [7, 11) is 0. The molecule has 0 aromatic carbocycles. The van der Waals surface area contributed by atoms with Gasteiger partial charge in [0.1, 0.15) is 0 Å². The molecule has 86 valence electrons. The van der Waals surface area contributed by atoms with Crippen LogP contribution in [0.4, 0.5) is 0 Å². The Kier molecular flexibility index (Phi) is 1.97. The van der Waals surface area contributed by atoms with Gasteiger partial charge in [-0.05, 0) is 56.3 Å². The van der Waals surface area contributed by atoms with Crippen LogP contribution < -0.4 is 0 Å². The number of hydrogen-bond donors (Lipinski definition) is 0. The summed E-state index contributed by atoms with van der Waals surface area (Å²) in [5.74, 6) is 3.76. The Morgan fingerprint density at radius 3 is 2.06 bits per heavy atom. The van der Waals surface area contributed by atoms with E-state index in [9.17, 15) is 0 Å². The molecule has 0 aliphatic heterocycles. The average Bonchev–Trinajstić information content (AvgIpc) is 2.63. The summed E-state index contributed by atoms with van der Waals surface area (Å²) in [6.45, 7) is 0. The first-order chi connectivity index (χ1) is 7.73. The van der Waals surface area contributed by atoms with E-state index in [0.717, 1.165) is 27.5 Å². The minimum Gasteiger partial charge on any atom is -0.338 e. The lowest BCUT2D eigenvalue weighted by atomic mass is 9.49. The van der Waals surface area contributed by atoms with E-state index in [4.69, 9.17) is 4.52 Å². The Hall–Kier alpha value is -0.130. The number of rotatable bonds is 1. The SMILES string of the molecule is Ic1noc(C23CC4CC(CC(C4)C2)C3)n1. The Balaban J connectivity index is 1.76. The molecule has 3 nitrogen and oxygen atoms in total. The summed E-state index contributed by atoms with van der Waals surface area (Å²) in [6.07, 6.45) is 8.30. The molecule has 1 heterocycles. The second kappa shape index (κ2) is 3.21. The Bertz CT molecular complexity index is 393. The van der Waals surface area contributed by atoms with Crippen molar-refractivity contribution in [2.45, 2.75) is 43.9 Å². The molecule has 5 rings (SSSR count). The Morgan fingerprint density at radius 2 is 1.62 bits per heavy atom. The van der Waals surface area contributed by atoms with Crippen molar-refractivity contribution in [3.05, 3.63) is 9.72 Å². The maximum absolute atomic E-state index is 5.48. The third kappa shape index (κ3) is 1.31. The molecule has 0 amide bonds. The maximum atomic E-state index is 5.48. The van der Waals surface area contributed by atoms with Crippen molar-refractivity contribution in [2.24, 2.45) is 17.8 Å². The fraction of sp³-hybridized carbons (Fsp3) is 0.833. The molecule has 4 aliphatic carbocycles. The standard InChI is InChI=1S/C12H15IN2O/c13-11-14-10(16-15-11)12-4-7-1-8(5-12)3-9(2-7)6-12/h7-9H,1-6H2. The molecule has 0 N–H and O–H groups in total. The van der Waals surface area contributed by atoms with Crippen LogP contribution in [0.2, 0.25) is 0 Å². The summed E-state index contributed by atoms with van der Waals surface area (Å²) >= 11 is 2.14. The van der Waals surface area contributed by atoms with Crippen LogP contribution in [0, 0.1) is 21.6 Å². The first kappa shape index (κ1) is 9.85. The molecule has 4 saturated carbocycles. The molecule has 0 radical (unpaired) electrons. The highest BCUT2D eigenvalue weighted by Gasteiger charge is 2.54. The van der Waals surface area contributed by atoms with Crippen LogP contribution in [0.15, 0.2) is 4.52 Å². The Morgan fingerprint density at radius 1 is 1.06 bits per heavy atom. The van der Waals surface area contributed by atoms with Gasteiger partial charge in [0, 0.05) is 22.6 Å². The van der Waals surface area contributed by atoms with Gasteiger partial charge in [-0.15, -0.1) is 0 Å². The van der Waals surface area contributed by atoms with Crippen LogP contribution in [-0.4, -0.2) is 10.1 Å². The van der Waals surface area contributed by atoms with Gasteiger partial charge in [0.05, 0.1) is 5.41 Å². The average molecular weight is 330 g/mol. The van der Waals surface area contributed by atoms with Gasteiger partial charge in [-0.25, -0.2) is 0 Å². The quantitative estimate of drug-likeness (QED) is 0.743. The first-order valence-corrected chi connectivity index (χ1v) is 7.31. The summed E-state index contributed by atoms with van der Waals surface area (Å²) in [5, 5.41) is 3.97. The van der Waals surface area contributed by atoms with Crippen molar-refractivity contribution in [1.82, 2.24) is 10.1 Å². The fourth-order valence-corrected chi connectivity index (χ4v) is 5.11. The van der Waals surface area contributed by atoms with Crippen LogP contribution in [0.25, 0.3) is 0 Å². The van der Waals surface area contributed by atoms with E-state index in [1.807, 2.05) is 0 Å². The largest absolute Gasteiger partial charge is 0.338 e. The molecule has 16 heavy (non-hydrogen) atoms. The van der Waals surface area contributed by atoms with Gasteiger partial charge < -0.3 is 4.52 Å². The van der Waals surface area contributed by atoms with Crippen LogP contribution in [0.1, 0.15) is 44.4 Å². The lowest BCUT2D eigenvalue weighted by molar-refractivity contribution is -0.0201. The topological polar surface area (TPSA) is 38.9 Å². The molecule has 0 spiro atoms. The van der Waals surface area contributed by atoms with E-state index in [1.165, 1.54) is 38.5 Å². The van der Waals surface area contributed by atoms with Gasteiger partial charge in [0.2, 0.25) is 9.72 Å². The predicted molar refractivity (Wildman–Crippen MR) is 66.9 cm³/mol. The highest BCUT2D eigenvalue weighted by Crippen LogP contribution is 2.60. The molecule has 4 bridgehead atoms. The van der Waals surface area contributed by atoms with Crippen LogP contribution in [0.5, 0.6) is 0 Å². The normalized spacial score (nSPS) is 45.2. The van der Waals surface area contributed by atoms with E-state index in [2.05, 4.69) is 32.7 Å². The van der Waals surface area contributed by atoms with Crippen molar-refractivity contribution in [3.63, 3.8) is 0 Å². The van der Waals surface area contributed by atoms with Crippen molar-refractivity contribution >= 4 is 22.6 Å². The third-order valence-electron chi connectivity index (χ3n) is 4.89. The van der Waals surface area contributed by atoms with Gasteiger partial charge in [-0.1, -0.05) is 5.16 Å². The number of nitrogens with zero attached hydrogens (tertiary/aromatic N) is 2. The zero-order chi connectivity index (χ0) is 10.8. The molecule has 0 unspecified atom stereocenters. The zero-order valence-corrected chi connectivity index (χ0v) is 11.3. The highest BCUT2D eigenvalue weighted by molar-refractivity contribution is 14.1. The van der Waals surface area contributed by atoms with Crippen LogP contribution in [-0.2, 0) is 5.41 Å². The van der Waals surface area contributed by atoms with Gasteiger partial charge in [0.15, 0.2) is 0 Å². The molecule has 0 atom stereocenters. The molecule has 4 heteroatoms. The minimum absolute atomic E-state index is 0.269. The lowest BCUT2D eigenvalue weighted by Gasteiger charge is -2.55. The first-order valence-electron chi connectivity index (χ1n) is 6.23. The summed E-state index contributed by atoms with van der Waals surface area (Å²) < 4.78 is 6.25. The molecule has 1 aromatic rings. The van der Waals surface area contributed by atoms with Gasteiger partial charge >= 0.3 is 0 Å². The molecular weight excluding hydrogens is 315 g/mol. The number of halogens is 1. The van der Waals surface area contributed by atoms with Crippen LogP contribution >= 0.6 is 22.6 Å². The fourth-order valence-electron chi connectivity index (χ4n) is 4.79. The predicted octanol–water partition coefficient (Wildman–Crippen LogP) is 3.14. The molecule has 4 aliphatic rings. The second-order valence-corrected chi connectivity index (χ2v) is 7.03. The van der Waals surface area contributed by atoms with Crippen molar-refractivity contribution < 1.29 is 4.52 Å². The van der Waals surface area contributed by atoms with Crippen LogP contribution in [0.3, 0.4) is 0 Å². The smallest absolute Gasteiger partial charge is 0.233 e. The van der Waals surface area contributed by atoms with Crippen molar-refractivity contribution in [3.8, 4) is 0 Å². The molecular formula is C12H15IN2O. The number of aromatic nitrogens is 2. The zero-order valence-electron chi connectivity index (χ0n) is 9.16. The van der Waals surface area contributed by atoms with E-state index in [1.54, 1.807) is 0 Å². The van der Waals surface area contributed by atoms with E-state index in [-0.39, 0.29) is 5.41 Å². The third-order valence-corrected chi connectivity index (χ3v) is 5.33. The van der Waals surface area contributed by atoms with Crippen molar-refractivity contribution in [2.75, 3.05) is 0 Å². The second-order valence-electron chi connectivity index (χ2n) is 6.07. The highest BCUT2D eigenvalue weighted by atomic mass is 127. The molecule has 0 saturated heterocycles. The maximum Gasteiger partial charge on any atom is 0.233 e.